The van der Waals surface area contributed by atoms with Crippen molar-refractivity contribution >= 4 is 11.7 Å². The summed E-state index contributed by atoms with van der Waals surface area (Å²) in [5.74, 6) is 0.0369. The predicted octanol–water partition coefficient (Wildman–Crippen LogP) is 4.29. The zero-order valence-electron chi connectivity index (χ0n) is 18.1. The van der Waals surface area contributed by atoms with Gasteiger partial charge in [0.2, 0.25) is 5.91 Å². The second kappa shape index (κ2) is 10.6. The van der Waals surface area contributed by atoms with E-state index < -0.39 is 6.10 Å². The molecule has 166 valence electrons. The zero-order chi connectivity index (χ0) is 23.0. The predicted molar refractivity (Wildman–Crippen MR) is 127 cm³/mol. The lowest BCUT2D eigenvalue weighted by Crippen LogP contribution is -2.17. The van der Waals surface area contributed by atoms with Gasteiger partial charge in [0, 0.05) is 12.0 Å². The first-order valence-electron chi connectivity index (χ1n) is 10.8. The molecular formula is C27H25N3O3. The molecule has 0 bridgehead atoms. The second-order valence-electron chi connectivity index (χ2n) is 7.69. The van der Waals surface area contributed by atoms with E-state index in [1.54, 1.807) is 18.3 Å². The van der Waals surface area contributed by atoms with Crippen molar-refractivity contribution in [1.82, 2.24) is 9.97 Å². The number of carbonyl (C=O) groups excluding carboxylic acids is 1. The molecule has 0 saturated carbocycles. The highest BCUT2D eigenvalue weighted by Crippen LogP contribution is 2.28. The van der Waals surface area contributed by atoms with Crippen LogP contribution in [-0.2, 0) is 17.8 Å². The van der Waals surface area contributed by atoms with Crippen LogP contribution >= 0.6 is 0 Å². The first-order valence-corrected chi connectivity index (χ1v) is 10.8. The van der Waals surface area contributed by atoms with Crippen molar-refractivity contribution in [1.29, 1.82) is 0 Å². The molecule has 1 heterocycles. The molecule has 3 N–H and O–H groups in total. The molecule has 3 aromatic carbocycles. The quantitative estimate of drug-likeness (QED) is 0.381. The number of aliphatic hydroxyl groups is 2. The fraction of sp³-hybridized carbons (Fsp3) is 0.148. The molecule has 0 fully saturated rings. The molecule has 0 radical (unpaired) electrons. The van der Waals surface area contributed by atoms with Crippen molar-refractivity contribution < 1.29 is 15.0 Å². The number of nitrogens with zero attached hydrogens (tertiary/aromatic N) is 2. The van der Waals surface area contributed by atoms with Gasteiger partial charge in [-0.25, -0.2) is 9.97 Å². The van der Waals surface area contributed by atoms with Gasteiger partial charge in [-0.05, 0) is 23.1 Å². The molecule has 33 heavy (non-hydrogen) atoms. The number of nitrogens with one attached hydrogen (secondary N) is 1. The minimum Gasteiger partial charge on any atom is -0.392 e. The summed E-state index contributed by atoms with van der Waals surface area (Å²) < 4.78 is 0. The monoisotopic (exact) mass is 439 g/mol. The third-order valence-corrected chi connectivity index (χ3v) is 5.35. The Morgan fingerprint density at radius 3 is 2.21 bits per heavy atom. The highest BCUT2D eigenvalue weighted by atomic mass is 16.3. The van der Waals surface area contributed by atoms with Gasteiger partial charge in [-0.3, -0.25) is 4.79 Å². The maximum absolute atomic E-state index is 12.6. The lowest BCUT2D eigenvalue weighted by molar-refractivity contribution is -0.116. The van der Waals surface area contributed by atoms with E-state index >= 15 is 0 Å². The van der Waals surface area contributed by atoms with Crippen LogP contribution in [0.5, 0.6) is 0 Å². The van der Waals surface area contributed by atoms with Gasteiger partial charge in [0.15, 0.2) is 5.82 Å². The number of aliphatic hydroxyl groups excluding tert-OH is 2. The summed E-state index contributed by atoms with van der Waals surface area (Å²) >= 11 is 0. The van der Waals surface area contributed by atoms with Crippen LogP contribution in [0, 0.1) is 0 Å². The third kappa shape index (κ3) is 5.68. The van der Waals surface area contributed by atoms with Gasteiger partial charge in [-0.15, -0.1) is 0 Å². The summed E-state index contributed by atoms with van der Waals surface area (Å²) in [7, 11) is 0. The van der Waals surface area contributed by atoms with Crippen LogP contribution in [0.15, 0.2) is 91.1 Å². The molecule has 0 aliphatic carbocycles. The van der Waals surface area contributed by atoms with Gasteiger partial charge < -0.3 is 15.5 Å². The number of aryl methyl sites for hydroxylation is 1. The largest absolute Gasteiger partial charge is 0.392 e. The topological polar surface area (TPSA) is 95.3 Å². The summed E-state index contributed by atoms with van der Waals surface area (Å²) in [6.45, 7) is -0.0438. The van der Waals surface area contributed by atoms with Crippen LogP contribution < -0.4 is 5.32 Å². The minimum atomic E-state index is -1.06. The van der Waals surface area contributed by atoms with Gasteiger partial charge in [0.05, 0.1) is 18.5 Å². The molecule has 1 atom stereocenters. The fourth-order valence-corrected chi connectivity index (χ4v) is 3.50. The van der Waals surface area contributed by atoms with Crippen LogP contribution in [-0.4, -0.2) is 26.1 Å². The summed E-state index contributed by atoms with van der Waals surface area (Å²) in [5.41, 5.74) is 4.15. The molecule has 6 nitrogen and oxygen atoms in total. The van der Waals surface area contributed by atoms with E-state index in [1.165, 1.54) is 0 Å². The molecule has 6 heteroatoms. The number of rotatable bonds is 8. The molecule has 0 aliphatic heterocycles. The van der Waals surface area contributed by atoms with Crippen LogP contribution in [0.25, 0.3) is 11.3 Å². The number of amides is 1. The third-order valence-electron chi connectivity index (χ3n) is 5.35. The van der Waals surface area contributed by atoms with Gasteiger partial charge in [0.1, 0.15) is 11.8 Å². The second-order valence-corrected chi connectivity index (χ2v) is 7.69. The Hall–Kier alpha value is -3.87. The Morgan fingerprint density at radius 2 is 1.55 bits per heavy atom. The average Bonchev–Trinajstić information content (AvgIpc) is 2.88. The van der Waals surface area contributed by atoms with Crippen molar-refractivity contribution in [3.05, 3.63) is 114 Å². The Morgan fingerprint density at radius 1 is 0.879 bits per heavy atom. The molecule has 1 unspecified atom stereocenters. The van der Waals surface area contributed by atoms with E-state index in [9.17, 15) is 15.0 Å². The molecule has 4 aromatic rings. The number of benzene rings is 3. The van der Waals surface area contributed by atoms with Gasteiger partial charge in [-0.2, -0.15) is 0 Å². The van der Waals surface area contributed by atoms with Crippen LogP contribution in [0.1, 0.15) is 34.9 Å². The maximum atomic E-state index is 12.6. The normalized spacial score (nSPS) is 11.7. The Labute approximate surface area is 192 Å². The van der Waals surface area contributed by atoms with Crippen molar-refractivity contribution in [3.8, 4) is 11.3 Å². The van der Waals surface area contributed by atoms with E-state index in [4.69, 9.17) is 0 Å². The van der Waals surface area contributed by atoms with Crippen molar-refractivity contribution in [3.63, 3.8) is 0 Å². The number of hydrogen-bond donors (Lipinski definition) is 3. The van der Waals surface area contributed by atoms with E-state index in [-0.39, 0.29) is 30.4 Å². The summed E-state index contributed by atoms with van der Waals surface area (Å²) in [6.07, 6.45) is 1.41. The van der Waals surface area contributed by atoms with Crippen LogP contribution in [0.4, 0.5) is 5.82 Å². The van der Waals surface area contributed by atoms with E-state index in [1.807, 2.05) is 72.8 Å². The number of hydrogen-bond acceptors (Lipinski definition) is 5. The SMILES string of the molecule is O=C(CCc1ccccc1)Nc1ncc(-c2ccc(CO)cc2)nc1C(O)c1ccccc1. The zero-order valence-corrected chi connectivity index (χ0v) is 18.1. The Balaban J connectivity index is 1.61. The highest BCUT2D eigenvalue weighted by molar-refractivity contribution is 5.90. The van der Waals surface area contributed by atoms with E-state index in [0.717, 1.165) is 16.7 Å². The molecule has 1 amide bonds. The molecule has 0 aliphatic rings. The number of aromatic nitrogens is 2. The molecule has 0 saturated heterocycles. The lowest BCUT2D eigenvalue weighted by atomic mass is 10.0. The summed E-state index contributed by atoms with van der Waals surface area (Å²) in [4.78, 5) is 21.7. The van der Waals surface area contributed by atoms with Gasteiger partial charge in [-0.1, -0.05) is 84.9 Å². The molecule has 0 spiro atoms. The maximum Gasteiger partial charge on any atom is 0.225 e. The number of carbonyl (C=O) groups is 1. The van der Waals surface area contributed by atoms with Crippen molar-refractivity contribution in [2.45, 2.75) is 25.6 Å². The lowest BCUT2D eigenvalue weighted by Gasteiger charge is -2.16. The van der Waals surface area contributed by atoms with E-state index in [2.05, 4.69) is 15.3 Å². The number of anilines is 1. The molecule has 4 rings (SSSR count). The smallest absolute Gasteiger partial charge is 0.225 e. The van der Waals surface area contributed by atoms with E-state index in [0.29, 0.717) is 17.7 Å². The first-order chi connectivity index (χ1) is 16.1. The first kappa shape index (κ1) is 22.3. The Bertz CT molecular complexity index is 1200. The molecule has 1 aromatic heterocycles. The Kier molecular flexibility index (Phi) is 7.19. The van der Waals surface area contributed by atoms with Crippen molar-refractivity contribution in [2.24, 2.45) is 0 Å². The fourth-order valence-electron chi connectivity index (χ4n) is 3.50. The van der Waals surface area contributed by atoms with Crippen LogP contribution in [0.3, 0.4) is 0 Å². The summed E-state index contributed by atoms with van der Waals surface area (Å²) in [5, 5.41) is 23.2. The standard InChI is InChI=1S/C27H25N3O3/c31-18-20-11-14-21(15-12-20)23-17-28-27(25(29-23)26(33)22-9-5-2-6-10-22)30-24(32)16-13-19-7-3-1-4-8-19/h1-12,14-15,17,26,31,33H,13,16,18H2,(H,28,30,32). The van der Waals surface area contributed by atoms with Gasteiger partial charge in [0.25, 0.3) is 0 Å². The van der Waals surface area contributed by atoms with Gasteiger partial charge >= 0.3 is 0 Å². The summed E-state index contributed by atoms with van der Waals surface area (Å²) in [6, 6.07) is 26.2. The average molecular weight is 440 g/mol. The van der Waals surface area contributed by atoms with Crippen molar-refractivity contribution in [2.75, 3.05) is 5.32 Å². The van der Waals surface area contributed by atoms with Crippen LogP contribution in [0.2, 0.25) is 0 Å². The highest BCUT2D eigenvalue weighted by Gasteiger charge is 2.20. The minimum absolute atomic E-state index is 0.0438. The molecular weight excluding hydrogens is 414 g/mol.